The van der Waals surface area contributed by atoms with Gasteiger partial charge < -0.3 is 4.74 Å². The van der Waals surface area contributed by atoms with Gasteiger partial charge in [0.15, 0.2) is 0 Å². The van der Waals surface area contributed by atoms with E-state index in [0.717, 1.165) is 6.54 Å². The van der Waals surface area contributed by atoms with Gasteiger partial charge in [0.2, 0.25) is 0 Å². The van der Waals surface area contributed by atoms with Crippen LogP contribution in [0.2, 0.25) is 0 Å². The van der Waals surface area contributed by atoms with Gasteiger partial charge in [-0.1, -0.05) is 19.3 Å². The molecule has 2 rings (SSSR count). The van der Waals surface area contributed by atoms with Crippen molar-refractivity contribution >= 4 is 17.0 Å². The molecule has 3 heteroatoms. The molecule has 1 unspecified atom stereocenters. The highest BCUT2D eigenvalue weighted by Crippen LogP contribution is 2.30. The molecule has 1 aliphatic carbocycles. The number of rotatable bonds is 1. The lowest BCUT2D eigenvalue weighted by molar-refractivity contribution is 0.126. The molecule has 2 nitrogen and oxygen atoms in total. The van der Waals surface area contributed by atoms with Crippen LogP contribution in [0.5, 0.6) is 0 Å². The van der Waals surface area contributed by atoms with E-state index in [1.807, 2.05) is 0 Å². The zero-order valence-electron chi connectivity index (χ0n) is 7.13. The standard InChI is InChI=1S/C9H14ClNO/c10-9-11-6-8(12-9)7-4-2-1-3-5-7/h7-8H,1-6H2. The van der Waals surface area contributed by atoms with Crippen LogP contribution < -0.4 is 0 Å². The van der Waals surface area contributed by atoms with Crippen LogP contribution in [0, 0.1) is 5.92 Å². The molecule has 68 valence electrons. The van der Waals surface area contributed by atoms with E-state index in [0.29, 0.717) is 11.3 Å². The summed E-state index contributed by atoms with van der Waals surface area (Å²) in [4.78, 5) is 4.05. The summed E-state index contributed by atoms with van der Waals surface area (Å²) in [6.07, 6.45) is 6.97. The number of halogens is 1. The van der Waals surface area contributed by atoms with Crippen LogP contribution in [0.4, 0.5) is 0 Å². The zero-order valence-corrected chi connectivity index (χ0v) is 7.89. The van der Waals surface area contributed by atoms with E-state index in [4.69, 9.17) is 16.3 Å². The highest BCUT2D eigenvalue weighted by molar-refractivity contribution is 6.63. The highest BCUT2D eigenvalue weighted by Gasteiger charge is 2.28. The molecular formula is C9H14ClNO. The summed E-state index contributed by atoms with van der Waals surface area (Å²) in [5.41, 5.74) is 0. The summed E-state index contributed by atoms with van der Waals surface area (Å²) < 4.78 is 5.42. The zero-order chi connectivity index (χ0) is 8.39. The van der Waals surface area contributed by atoms with Crippen LogP contribution in [0.1, 0.15) is 32.1 Å². The summed E-state index contributed by atoms with van der Waals surface area (Å²) >= 11 is 5.65. The van der Waals surface area contributed by atoms with Crippen molar-refractivity contribution < 1.29 is 4.74 Å². The van der Waals surface area contributed by atoms with Gasteiger partial charge in [-0.25, -0.2) is 4.99 Å². The third-order valence-corrected chi connectivity index (χ3v) is 3.03. The van der Waals surface area contributed by atoms with Gasteiger partial charge >= 0.3 is 0 Å². The Morgan fingerprint density at radius 3 is 2.58 bits per heavy atom. The van der Waals surface area contributed by atoms with Gasteiger partial charge in [-0.15, -0.1) is 0 Å². The van der Waals surface area contributed by atoms with Gasteiger partial charge in [-0.2, -0.15) is 0 Å². The first-order valence-electron chi connectivity index (χ1n) is 4.73. The number of nitrogens with zero attached hydrogens (tertiary/aromatic N) is 1. The first kappa shape index (κ1) is 8.36. The van der Waals surface area contributed by atoms with Crippen LogP contribution in [0.15, 0.2) is 4.99 Å². The maximum absolute atomic E-state index is 5.65. The first-order valence-corrected chi connectivity index (χ1v) is 5.10. The molecular weight excluding hydrogens is 174 g/mol. The van der Waals surface area contributed by atoms with Crippen molar-refractivity contribution in [1.82, 2.24) is 0 Å². The van der Waals surface area contributed by atoms with Crippen LogP contribution in [-0.4, -0.2) is 18.0 Å². The molecule has 1 aliphatic heterocycles. The molecule has 0 aromatic heterocycles. The van der Waals surface area contributed by atoms with Crippen molar-refractivity contribution in [3.8, 4) is 0 Å². The van der Waals surface area contributed by atoms with Crippen molar-refractivity contribution in [2.75, 3.05) is 6.54 Å². The van der Waals surface area contributed by atoms with Crippen molar-refractivity contribution in [3.63, 3.8) is 0 Å². The minimum absolute atomic E-state index is 0.290. The van der Waals surface area contributed by atoms with E-state index >= 15 is 0 Å². The summed E-state index contributed by atoms with van der Waals surface area (Å²) in [6, 6.07) is 0. The largest absolute Gasteiger partial charge is 0.464 e. The van der Waals surface area contributed by atoms with Crippen molar-refractivity contribution in [3.05, 3.63) is 0 Å². The van der Waals surface area contributed by atoms with E-state index in [9.17, 15) is 0 Å². The van der Waals surface area contributed by atoms with Crippen LogP contribution in [0.25, 0.3) is 0 Å². The lowest BCUT2D eigenvalue weighted by atomic mass is 9.85. The first-order chi connectivity index (χ1) is 5.86. The fourth-order valence-electron chi connectivity index (χ4n) is 2.11. The maximum atomic E-state index is 5.65. The Morgan fingerprint density at radius 2 is 2.00 bits per heavy atom. The molecule has 1 saturated carbocycles. The molecule has 0 N–H and O–H groups in total. The molecule has 0 radical (unpaired) electrons. The third kappa shape index (κ3) is 1.74. The molecule has 0 saturated heterocycles. The summed E-state index contributed by atoms with van der Waals surface area (Å²) in [5, 5.41) is 0.366. The SMILES string of the molecule is ClC1=NCC(C2CCCCC2)O1. The molecule has 0 amide bonds. The Balaban J connectivity index is 1.85. The minimum atomic E-state index is 0.290. The van der Waals surface area contributed by atoms with Gasteiger partial charge in [-0.05, 0) is 30.4 Å². The predicted octanol–water partition coefficient (Wildman–Crippen LogP) is 2.56. The highest BCUT2D eigenvalue weighted by atomic mass is 35.5. The van der Waals surface area contributed by atoms with Gasteiger partial charge in [0.1, 0.15) is 6.10 Å². The number of hydrogen-bond acceptors (Lipinski definition) is 2. The third-order valence-electron chi connectivity index (χ3n) is 2.82. The maximum Gasteiger partial charge on any atom is 0.282 e. The fraction of sp³-hybridized carbons (Fsp3) is 0.889. The molecule has 0 spiro atoms. The topological polar surface area (TPSA) is 21.6 Å². The van der Waals surface area contributed by atoms with E-state index < -0.39 is 0 Å². The smallest absolute Gasteiger partial charge is 0.282 e. The normalized spacial score (nSPS) is 31.4. The Bertz CT molecular complexity index is 187. The summed E-state index contributed by atoms with van der Waals surface area (Å²) in [6.45, 7) is 0.781. The second-order valence-corrected chi connectivity index (χ2v) is 3.97. The van der Waals surface area contributed by atoms with Crippen LogP contribution in [-0.2, 0) is 4.74 Å². The Morgan fingerprint density at radius 1 is 1.25 bits per heavy atom. The van der Waals surface area contributed by atoms with E-state index in [-0.39, 0.29) is 6.10 Å². The molecule has 1 heterocycles. The number of ether oxygens (including phenoxy) is 1. The van der Waals surface area contributed by atoms with Gasteiger partial charge in [-0.3, -0.25) is 0 Å². The average molecular weight is 188 g/mol. The molecule has 12 heavy (non-hydrogen) atoms. The molecule has 1 fully saturated rings. The predicted molar refractivity (Wildman–Crippen MR) is 49.6 cm³/mol. The Labute approximate surface area is 78.0 Å². The second kappa shape index (κ2) is 3.65. The molecule has 0 bridgehead atoms. The number of aliphatic imine (C=N–C) groups is 1. The van der Waals surface area contributed by atoms with Gasteiger partial charge in [0.05, 0.1) is 6.54 Å². The van der Waals surface area contributed by atoms with Gasteiger partial charge in [0.25, 0.3) is 5.36 Å². The molecule has 0 aromatic rings. The molecule has 0 aromatic carbocycles. The van der Waals surface area contributed by atoms with Crippen LogP contribution in [0.3, 0.4) is 0 Å². The number of hydrogen-bond donors (Lipinski definition) is 0. The summed E-state index contributed by atoms with van der Waals surface area (Å²) in [7, 11) is 0. The lowest BCUT2D eigenvalue weighted by Crippen LogP contribution is -2.25. The van der Waals surface area contributed by atoms with Crippen LogP contribution >= 0.6 is 11.6 Å². The fourth-order valence-corrected chi connectivity index (χ4v) is 2.30. The lowest BCUT2D eigenvalue weighted by Gasteiger charge is -2.25. The minimum Gasteiger partial charge on any atom is -0.464 e. The quantitative estimate of drug-likeness (QED) is 0.619. The average Bonchev–Trinajstić information content (AvgIpc) is 2.54. The van der Waals surface area contributed by atoms with E-state index in [1.165, 1.54) is 32.1 Å². The summed E-state index contributed by atoms with van der Waals surface area (Å²) in [5.74, 6) is 0.707. The van der Waals surface area contributed by atoms with Crippen molar-refractivity contribution in [2.45, 2.75) is 38.2 Å². The van der Waals surface area contributed by atoms with Crippen molar-refractivity contribution in [1.29, 1.82) is 0 Å². The Kier molecular flexibility index (Phi) is 2.54. The van der Waals surface area contributed by atoms with E-state index in [2.05, 4.69) is 4.99 Å². The Hall–Kier alpha value is -0.240. The monoisotopic (exact) mass is 187 g/mol. The molecule has 1 atom stereocenters. The van der Waals surface area contributed by atoms with Crippen molar-refractivity contribution in [2.24, 2.45) is 10.9 Å². The van der Waals surface area contributed by atoms with E-state index in [1.54, 1.807) is 0 Å². The second-order valence-electron chi connectivity index (χ2n) is 3.65. The molecule has 2 aliphatic rings. The van der Waals surface area contributed by atoms with Gasteiger partial charge in [0, 0.05) is 0 Å².